The molecule has 8 nitrogen and oxygen atoms in total. The predicted octanol–water partition coefficient (Wildman–Crippen LogP) is 3.32. The van der Waals surface area contributed by atoms with Crippen LogP contribution in [-0.4, -0.2) is 56.0 Å². The number of amides is 3. The molecule has 0 spiro atoms. The van der Waals surface area contributed by atoms with Gasteiger partial charge < -0.3 is 19.7 Å². The second kappa shape index (κ2) is 8.67. The summed E-state index contributed by atoms with van der Waals surface area (Å²) in [5.41, 5.74) is 1.93. The molecule has 0 radical (unpaired) electrons. The Balaban J connectivity index is 1.33. The van der Waals surface area contributed by atoms with E-state index >= 15 is 0 Å². The van der Waals surface area contributed by atoms with Crippen LogP contribution in [0.15, 0.2) is 42.5 Å². The third-order valence-electron chi connectivity index (χ3n) is 5.71. The minimum absolute atomic E-state index is 0.0149. The zero-order valence-electron chi connectivity index (χ0n) is 17.6. The molecule has 162 valence electrons. The fourth-order valence-electron chi connectivity index (χ4n) is 4.06. The molecule has 2 aromatic carbocycles. The summed E-state index contributed by atoms with van der Waals surface area (Å²) in [6.07, 6.45) is 1.91. The monoisotopic (exact) mass is 423 g/mol. The van der Waals surface area contributed by atoms with Gasteiger partial charge >= 0.3 is 6.03 Å². The van der Waals surface area contributed by atoms with Gasteiger partial charge in [0, 0.05) is 30.8 Å². The minimum atomic E-state index is -0.312. The Kier molecular flexibility index (Phi) is 5.79. The molecule has 1 atom stereocenters. The Labute approximate surface area is 180 Å². The first kappa shape index (κ1) is 20.7. The molecule has 0 saturated carbocycles. The molecule has 3 amide bonds. The first-order chi connectivity index (χ1) is 15.0. The summed E-state index contributed by atoms with van der Waals surface area (Å²) < 4.78 is 10.4. The number of nitrogens with zero attached hydrogens (tertiary/aromatic N) is 2. The second-order valence-electron chi connectivity index (χ2n) is 7.52. The molecular formula is C23H25N3O5. The molecule has 2 aromatic rings. The van der Waals surface area contributed by atoms with Crippen molar-refractivity contribution in [1.29, 1.82) is 0 Å². The number of imide groups is 1. The highest BCUT2D eigenvalue weighted by atomic mass is 16.5. The van der Waals surface area contributed by atoms with E-state index in [4.69, 9.17) is 9.47 Å². The van der Waals surface area contributed by atoms with Crippen molar-refractivity contribution in [2.45, 2.75) is 25.3 Å². The van der Waals surface area contributed by atoms with Crippen LogP contribution in [0.5, 0.6) is 11.5 Å². The normalized spacial score (nSPS) is 17.7. The maximum Gasteiger partial charge on any atom is 0.332 e. The average molecular weight is 423 g/mol. The molecular weight excluding hydrogens is 398 g/mol. The number of ether oxygens (including phenoxy) is 2. The Morgan fingerprint density at radius 2 is 1.81 bits per heavy atom. The summed E-state index contributed by atoms with van der Waals surface area (Å²) in [7, 11) is 3.08. The number of methoxy groups -OCH3 is 2. The molecule has 2 aliphatic heterocycles. The Bertz CT molecular complexity index is 983. The summed E-state index contributed by atoms with van der Waals surface area (Å²) in [4.78, 5) is 40.4. The molecule has 31 heavy (non-hydrogen) atoms. The van der Waals surface area contributed by atoms with Crippen LogP contribution < -0.4 is 19.7 Å². The quantitative estimate of drug-likeness (QED) is 0.518. The third kappa shape index (κ3) is 3.93. The smallest absolute Gasteiger partial charge is 0.332 e. The summed E-state index contributed by atoms with van der Waals surface area (Å²) in [6.45, 7) is 1.09. The van der Waals surface area contributed by atoms with Gasteiger partial charge in [-0.3, -0.25) is 9.59 Å². The van der Waals surface area contributed by atoms with Gasteiger partial charge in [0.1, 0.15) is 6.04 Å². The number of fused-ring (bicyclic) bond motifs is 1. The molecule has 0 unspecified atom stereocenters. The van der Waals surface area contributed by atoms with Crippen LogP contribution in [0.3, 0.4) is 0 Å². The van der Waals surface area contributed by atoms with Crippen molar-refractivity contribution in [3.63, 3.8) is 0 Å². The van der Waals surface area contributed by atoms with E-state index in [1.165, 1.54) is 12.0 Å². The van der Waals surface area contributed by atoms with Gasteiger partial charge in [-0.05, 0) is 55.3 Å². The summed E-state index contributed by atoms with van der Waals surface area (Å²) >= 11 is 0. The Morgan fingerprint density at radius 3 is 2.48 bits per heavy atom. The standard InChI is InChI=1S/C23H25N3O5/c1-30-20-10-5-15(14-21(20)31-2)19(27)11-12-24-16-6-8-17(9-7-16)26-22(28)18-4-3-13-25(18)23(26)29/h5-10,14,18,24H,3-4,11-13H2,1-2H3/t18-/m0/s1. The van der Waals surface area contributed by atoms with Crippen molar-refractivity contribution in [1.82, 2.24) is 4.90 Å². The van der Waals surface area contributed by atoms with Crippen LogP contribution in [0.1, 0.15) is 29.6 Å². The topological polar surface area (TPSA) is 88.2 Å². The largest absolute Gasteiger partial charge is 0.493 e. The number of anilines is 2. The number of carbonyl (C=O) groups is 3. The predicted molar refractivity (Wildman–Crippen MR) is 116 cm³/mol. The van der Waals surface area contributed by atoms with Crippen molar-refractivity contribution in [2.24, 2.45) is 0 Å². The Hall–Kier alpha value is -3.55. The maximum absolute atomic E-state index is 12.5. The van der Waals surface area contributed by atoms with Gasteiger partial charge in [0.2, 0.25) is 0 Å². The van der Waals surface area contributed by atoms with Crippen molar-refractivity contribution >= 4 is 29.1 Å². The van der Waals surface area contributed by atoms with Crippen molar-refractivity contribution in [3.05, 3.63) is 48.0 Å². The number of rotatable bonds is 8. The number of hydrogen-bond donors (Lipinski definition) is 1. The number of carbonyl (C=O) groups excluding carboxylic acids is 3. The molecule has 2 heterocycles. The number of benzene rings is 2. The molecule has 2 fully saturated rings. The molecule has 8 heteroatoms. The van der Waals surface area contributed by atoms with E-state index in [0.717, 1.165) is 18.5 Å². The lowest BCUT2D eigenvalue weighted by atomic mass is 10.1. The SMILES string of the molecule is COc1ccc(C(=O)CCNc2ccc(N3C(=O)[C@@H]4CCCN4C3=O)cc2)cc1OC. The molecule has 2 aliphatic rings. The lowest BCUT2D eigenvalue weighted by Crippen LogP contribution is -2.32. The van der Waals surface area contributed by atoms with Gasteiger partial charge in [0.05, 0.1) is 19.9 Å². The summed E-state index contributed by atoms with van der Waals surface area (Å²) in [5.74, 6) is 0.929. The molecule has 0 aliphatic carbocycles. The fraction of sp³-hybridized carbons (Fsp3) is 0.348. The number of hydrogen-bond acceptors (Lipinski definition) is 6. The van der Waals surface area contributed by atoms with Crippen LogP contribution >= 0.6 is 0 Å². The van der Waals surface area contributed by atoms with Crippen LogP contribution in [0.4, 0.5) is 16.2 Å². The van der Waals surface area contributed by atoms with E-state index < -0.39 is 0 Å². The summed E-state index contributed by atoms with van der Waals surface area (Å²) in [5, 5.41) is 3.20. The lowest BCUT2D eigenvalue weighted by molar-refractivity contribution is -0.119. The lowest BCUT2D eigenvalue weighted by Gasteiger charge is -2.16. The maximum atomic E-state index is 12.5. The first-order valence-corrected chi connectivity index (χ1v) is 10.3. The molecule has 0 aromatic heterocycles. The summed E-state index contributed by atoms with van der Waals surface area (Å²) in [6, 6.07) is 11.7. The minimum Gasteiger partial charge on any atom is -0.493 e. The van der Waals surface area contributed by atoms with E-state index in [1.807, 2.05) is 0 Å². The van der Waals surface area contributed by atoms with Crippen LogP contribution in [0.25, 0.3) is 0 Å². The number of ketones is 1. The van der Waals surface area contributed by atoms with Crippen LogP contribution in [0.2, 0.25) is 0 Å². The highest BCUT2D eigenvalue weighted by molar-refractivity contribution is 6.21. The number of nitrogens with one attached hydrogen (secondary N) is 1. The second-order valence-corrected chi connectivity index (χ2v) is 7.52. The van der Waals surface area contributed by atoms with Crippen LogP contribution in [-0.2, 0) is 4.79 Å². The van der Waals surface area contributed by atoms with Crippen molar-refractivity contribution in [3.8, 4) is 11.5 Å². The number of Topliss-reactive ketones (excluding diaryl/α,β-unsaturated/α-hetero) is 1. The van der Waals surface area contributed by atoms with Gasteiger partial charge in [-0.15, -0.1) is 0 Å². The zero-order chi connectivity index (χ0) is 22.0. The van der Waals surface area contributed by atoms with Gasteiger partial charge in [-0.25, -0.2) is 9.69 Å². The van der Waals surface area contributed by atoms with E-state index in [0.29, 0.717) is 42.3 Å². The third-order valence-corrected chi connectivity index (χ3v) is 5.71. The van der Waals surface area contributed by atoms with Gasteiger partial charge in [0.25, 0.3) is 5.91 Å². The van der Waals surface area contributed by atoms with Gasteiger partial charge in [-0.2, -0.15) is 0 Å². The zero-order valence-corrected chi connectivity index (χ0v) is 17.6. The van der Waals surface area contributed by atoms with Crippen molar-refractivity contribution < 1.29 is 23.9 Å². The highest BCUT2D eigenvalue weighted by Gasteiger charge is 2.47. The van der Waals surface area contributed by atoms with Crippen LogP contribution in [0, 0.1) is 0 Å². The first-order valence-electron chi connectivity index (χ1n) is 10.3. The highest BCUT2D eigenvalue weighted by Crippen LogP contribution is 2.32. The van der Waals surface area contributed by atoms with E-state index in [2.05, 4.69) is 5.32 Å². The Morgan fingerprint density at radius 1 is 1.06 bits per heavy atom. The van der Waals surface area contributed by atoms with Crippen molar-refractivity contribution in [2.75, 3.05) is 37.5 Å². The van der Waals surface area contributed by atoms with E-state index in [-0.39, 0.29) is 23.8 Å². The van der Waals surface area contributed by atoms with E-state index in [9.17, 15) is 14.4 Å². The molecule has 4 rings (SSSR count). The van der Waals surface area contributed by atoms with Gasteiger partial charge in [-0.1, -0.05) is 0 Å². The average Bonchev–Trinajstić information content (AvgIpc) is 3.37. The molecule has 1 N–H and O–H groups in total. The molecule has 2 saturated heterocycles. The fourth-order valence-corrected chi connectivity index (χ4v) is 4.06. The molecule has 0 bridgehead atoms. The van der Waals surface area contributed by atoms with Gasteiger partial charge in [0.15, 0.2) is 17.3 Å². The number of urea groups is 1. The van der Waals surface area contributed by atoms with E-state index in [1.54, 1.807) is 54.5 Å².